The molecule has 1 N–H and O–H groups in total. The molecule has 3 rings (SSSR count). The maximum Gasteiger partial charge on any atom is 0.306 e. The summed E-state index contributed by atoms with van der Waals surface area (Å²) in [5.41, 5.74) is 2.86. The Bertz CT molecular complexity index is 968. The first-order valence-electron chi connectivity index (χ1n) is 9.71. The van der Waals surface area contributed by atoms with E-state index in [0.29, 0.717) is 20.9 Å². The van der Waals surface area contributed by atoms with Gasteiger partial charge in [0.2, 0.25) is 0 Å². The van der Waals surface area contributed by atoms with Gasteiger partial charge in [-0.2, -0.15) is 0 Å². The molecule has 0 radical (unpaired) electrons. The number of thiocarbonyl (C=S) groups is 1. The molecule has 1 aliphatic rings. The van der Waals surface area contributed by atoms with Crippen LogP contribution in [0.2, 0.25) is 0 Å². The highest BCUT2D eigenvalue weighted by molar-refractivity contribution is 8.27. The Balaban J connectivity index is 1.71. The highest BCUT2D eigenvalue weighted by Gasteiger charge is 2.33. The largest absolute Gasteiger partial charge is 0.493 e. The Labute approximate surface area is 185 Å². The maximum absolute atomic E-state index is 12.9. The lowest BCUT2D eigenvalue weighted by molar-refractivity contribution is -0.137. The lowest BCUT2D eigenvalue weighted by Gasteiger charge is -2.16. The Hall–Kier alpha value is -2.64. The highest BCUT2D eigenvalue weighted by Crippen LogP contribution is 2.36. The van der Waals surface area contributed by atoms with Crippen LogP contribution in [0.5, 0.6) is 5.75 Å². The van der Waals surface area contributed by atoms with Crippen molar-refractivity contribution in [3.63, 3.8) is 0 Å². The molecular formula is C23H23NO4S2. The molecule has 5 nitrogen and oxygen atoms in total. The standard InChI is InChI=1S/C23H23NO4S2/c1-3-15(2)17-6-8-18(9-7-17)24-22(27)20(30-23(24)29)14-16-4-10-19(11-5-16)28-13-12-21(25)26/h4-11,14-15H,3,12-13H2,1-2H3,(H,25,26)/b20-14+. The Morgan fingerprint density at radius 2 is 1.87 bits per heavy atom. The average molecular weight is 442 g/mol. The third-order valence-corrected chi connectivity index (χ3v) is 6.19. The van der Waals surface area contributed by atoms with E-state index < -0.39 is 5.97 Å². The zero-order valence-electron chi connectivity index (χ0n) is 16.8. The lowest BCUT2D eigenvalue weighted by Crippen LogP contribution is -2.27. The average Bonchev–Trinajstić information content (AvgIpc) is 3.01. The minimum Gasteiger partial charge on any atom is -0.493 e. The topological polar surface area (TPSA) is 66.8 Å². The first kappa shape index (κ1) is 22.1. The predicted octanol–water partition coefficient (Wildman–Crippen LogP) is 5.46. The number of nitrogens with zero attached hydrogens (tertiary/aromatic N) is 1. The summed E-state index contributed by atoms with van der Waals surface area (Å²) in [6.07, 6.45) is 2.81. The van der Waals surface area contributed by atoms with E-state index in [2.05, 4.69) is 26.0 Å². The maximum atomic E-state index is 12.9. The predicted molar refractivity (Wildman–Crippen MR) is 125 cm³/mol. The Kier molecular flexibility index (Phi) is 7.29. The van der Waals surface area contributed by atoms with Crippen molar-refractivity contribution in [3.05, 3.63) is 64.6 Å². The van der Waals surface area contributed by atoms with E-state index in [1.165, 1.54) is 17.3 Å². The number of ether oxygens (including phenoxy) is 1. The minimum atomic E-state index is -0.900. The molecule has 30 heavy (non-hydrogen) atoms. The van der Waals surface area contributed by atoms with Crippen LogP contribution < -0.4 is 9.64 Å². The van der Waals surface area contributed by atoms with E-state index >= 15 is 0 Å². The number of carbonyl (C=O) groups excluding carboxylic acids is 1. The van der Waals surface area contributed by atoms with Crippen LogP contribution in [-0.4, -0.2) is 27.9 Å². The lowest BCUT2D eigenvalue weighted by atomic mass is 9.98. The minimum absolute atomic E-state index is 0.0530. The van der Waals surface area contributed by atoms with E-state index in [-0.39, 0.29) is 18.9 Å². The van der Waals surface area contributed by atoms with Crippen molar-refractivity contribution in [3.8, 4) is 5.75 Å². The molecule has 0 aromatic heterocycles. The van der Waals surface area contributed by atoms with Crippen molar-refractivity contribution in [2.45, 2.75) is 32.6 Å². The second-order valence-corrected chi connectivity index (χ2v) is 8.65. The summed E-state index contributed by atoms with van der Waals surface area (Å²) in [6, 6.07) is 15.1. The number of anilines is 1. The van der Waals surface area contributed by atoms with Crippen LogP contribution in [0.3, 0.4) is 0 Å². The summed E-state index contributed by atoms with van der Waals surface area (Å²) in [7, 11) is 0. The molecule has 1 fully saturated rings. The molecule has 1 amide bonds. The molecular weight excluding hydrogens is 418 g/mol. The first-order valence-corrected chi connectivity index (χ1v) is 10.9. The monoisotopic (exact) mass is 441 g/mol. The summed E-state index contributed by atoms with van der Waals surface area (Å²) in [4.78, 5) is 25.6. The van der Waals surface area contributed by atoms with Gasteiger partial charge in [-0.1, -0.05) is 62.1 Å². The highest BCUT2D eigenvalue weighted by atomic mass is 32.2. The van der Waals surface area contributed by atoms with E-state index in [9.17, 15) is 9.59 Å². The van der Waals surface area contributed by atoms with Crippen molar-refractivity contribution in [1.29, 1.82) is 0 Å². The quantitative estimate of drug-likeness (QED) is 0.433. The molecule has 1 saturated heterocycles. The van der Waals surface area contributed by atoms with E-state index in [4.69, 9.17) is 22.1 Å². The van der Waals surface area contributed by atoms with Crippen molar-refractivity contribution < 1.29 is 19.4 Å². The third kappa shape index (κ3) is 5.29. The Morgan fingerprint density at radius 3 is 2.47 bits per heavy atom. The van der Waals surface area contributed by atoms with Gasteiger partial charge >= 0.3 is 5.97 Å². The molecule has 156 valence electrons. The number of hydrogen-bond donors (Lipinski definition) is 1. The van der Waals surface area contributed by atoms with Gasteiger partial charge in [-0.15, -0.1) is 0 Å². The number of benzene rings is 2. The van der Waals surface area contributed by atoms with E-state index in [1.807, 2.05) is 24.3 Å². The van der Waals surface area contributed by atoms with Crippen LogP contribution >= 0.6 is 24.0 Å². The summed E-state index contributed by atoms with van der Waals surface area (Å²) in [5.74, 6) is 0.0229. The fraction of sp³-hybridized carbons (Fsp3) is 0.261. The molecule has 2 aromatic rings. The second kappa shape index (κ2) is 9.91. The molecule has 0 saturated carbocycles. The van der Waals surface area contributed by atoms with Gasteiger partial charge in [0, 0.05) is 0 Å². The molecule has 1 heterocycles. The smallest absolute Gasteiger partial charge is 0.306 e. The third-order valence-electron chi connectivity index (χ3n) is 4.89. The molecule has 0 aliphatic carbocycles. The number of hydrogen-bond acceptors (Lipinski definition) is 5. The molecule has 1 aliphatic heterocycles. The van der Waals surface area contributed by atoms with Crippen molar-refractivity contribution in [1.82, 2.24) is 0 Å². The molecule has 0 spiro atoms. The fourth-order valence-electron chi connectivity index (χ4n) is 2.95. The van der Waals surface area contributed by atoms with Crippen molar-refractivity contribution in [2.75, 3.05) is 11.5 Å². The molecule has 2 aromatic carbocycles. The SMILES string of the molecule is CCC(C)c1ccc(N2C(=O)/C(=C\c3ccc(OCCC(=O)O)cc3)SC2=S)cc1. The zero-order chi connectivity index (χ0) is 21.7. The number of amides is 1. The number of rotatable bonds is 8. The van der Waals surface area contributed by atoms with Gasteiger partial charge in [-0.25, -0.2) is 0 Å². The summed E-state index contributed by atoms with van der Waals surface area (Å²) >= 11 is 6.73. The Morgan fingerprint density at radius 1 is 1.20 bits per heavy atom. The first-order chi connectivity index (χ1) is 14.4. The fourth-order valence-corrected chi connectivity index (χ4v) is 4.24. The molecule has 1 atom stereocenters. The molecule has 7 heteroatoms. The van der Waals surface area contributed by atoms with Gasteiger partial charge in [0.25, 0.3) is 5.91 Å². The van der Waals surface area contributed by atoms with Crippen molar-refractivity contribution >= 4 is 51.9 Å². The van der Waals surface area contributed by atoms with Gasteiger partial charge in [0.15, 0.2) is 4.32 Å². The number of aliphatic carboxylic acids is 1. The van der Waals surface area contributed by atoms with Crippen LogP contribution in [0.15, 0.2) is 53.4 Å². The van der Waals surface area contributed by atoms with Crippen LogP contribution in [0.25, 0.3) is 6.08 Å². The van der Waals surface area contributed by atoms with Crippen LogP contribution in [0.1, 0.15) is 43.7 Å². The van der Waals surface area contributed by atoms with E-state index in [0.717, 1.165) is 17.7 Å². The summed E-state index contributed by atoms with van der Waals surface area (Å²) in [5, 5.41) is 8.66. The van der Waals surface area contributed by atoms with Gasteiger partial charge in [0.1, 0.15) is 5.75 Å². The number of carboxylic acid groups (broad SMARTS) is 1. The van der Waals surface area contributed by atoms with Gasteiger partial charge in [-0.3, -0.25) is 14.5 Å². The van der Waals surface area contributed by atoms with Crippen molar-refractivity contribution in [2.24, 2.45) is 0 Å². The number of carbonyl (C=O) groups is 2. The summed E-state index contributed by atoms with van der Waals surface area (Å²) < 4.78 is 5.90. The zero-order valence-corrected chi connectivity index (χ0v) is 18.5. The van der Waals surface area contributed by atoms with Crippen LogP contribution in [-0.2, 0) is 9.59 Å². The molecule has 1 unspecified atom stereocenters. The summed E-state index contributed by atoms with van der Waals surface area (Å²) in [6.45, 7) is 4.45. The normalized spacial score (nSPS) is 16.2. The van der Waals surface area contributed by atoms with E-state index in [1.54, 1.807) is 23.1 Å². The number of carboxylic acids is 1. The second-order valence-electron chi connectivity index (χ2n) is 6.98. The van der Waals surface area contributed by atoms with Crippen LogP contribution in [0.4, 0.5) is 5.69 Å². The van der Waals surface area contributed by atoms with Crippen LogP contribution in [0, 0.1) is 0 Å². The van der Waals surface area contributed by atoms with Gasteiger partial charge in [-0.05, 0) is 53.8 Å². The molecule has 0 bridgehead atoms. The van der Waals surface area contributed by atoms with Gasteiger partial charge in [0.05, 0.1) is 23.6 Å². The van der Waals surface area contributed by atoms with Gasteiger partial charge < -0.3 is 9.84 Å². The number of thioether (sulfide) groups is 1.